The van der Waals surface area contributed by atoms with Crippen LogP contribution in [0.25, 0.3) is 32.5 Å². The standard InChI is InChI=1S/C32H32N2O4S.ClH/c1-32(2,34-19-24(35)20-38-28-13-4-3-10-27(28)29-14-7-15-39-29)17-23-18-33-30-25(11-6-12-26(23)30)21-8-5-9-22(16-21)31(36)37;/h3-16,18,24,33-35H,17,19-20H2,1-2H3,(H,36,37);1H/t24-;/m0./s1. The number of carboxylic acids is 1. The maximum Gasteiger partial charge on any atom is 0.335 e. The summed E-state index contributed by atoms with van der Waals surface area (Å²) in [5.74, 6) is -0.176. The molecule has 0 aliphatic carbocycles. The minimum absolute atomic E-state index is 0. The van der Waals surface area contributed by atoms with E-state index in [9.17, 15) is 15.0 Å². The lowest BCUT2D eigenvalue weighted by atomic mass is 9.93. The third kappa shape index (κ3) is 6.74. The quantitative estimate of drug-likeness (QED) is 0.135. The maximum absolute atomic E-state index is 11.5. The van der Waals surface area contributed by atoms with Gasteiger partial charge in [0.25, 0.3) is 0 Å². The molecule has 5 aromatic rings. The van der Waals surface area contributed by atoms with Crippen molar-refractivity contribution in [3.63, 3.8) is 0 Å². The van der Waals surface area contributed by atoms with Gasteiger partial charge in [-0.2, -0.15) is 0 Å². The Balaban J connectivity index is 0.00000370. The molecule has 0 aliphatic heterocycles. The van der Waals surface area contributed by atoms with E-state index in [1.807, 2.05) is 60.1 Å². The zero-order chi connectivity index (χ0) is 27.4. The summed E-state index contributed by atoms with van der Waals surface area (Å²) in [6.45, 7) is 4.82. The van der Waals surface area contributed by atoms with Crippen molar-refractivity contribution in [3.05, 3.63) is 102 Å². The predicted molar refractivity (Wildman–Crippen MR) is 165 cm³/mol. The van der Waals surface area contributed by atoms with Crippen molar-refractivity contribution in [2.75, 3.05) is 13.2 Å². The van der Waals surface area contributed by atoms with Crippen molar-refractivity contribution in [1.82, 2.24) is 10.3 Å². The average molecular weight is 577 g/mol. The molecular formula is C32H33ClN2O4S. The Kier molecular flexibility index (Phi) is 9.32. The summed E-state index contributed by atoms with van der Waals surface area (Å²) in [5, 5.41) is 26.7. The largest absolute Gasteiger partial charge is 0.490 e. The number of hydrogen-bond donors (Lipinski definition) is 4. The number of carboxylic acid groups (broad SMARTS) is 1. The van der Waals surface area contributed by atoms with Crippen LogP contribution in [0.2, 0.25) is 0 Å². The number of para-hydroxylation sites is 2. The molecule has 0 bridgehead atoms. The molecule has 8 heteroatoms. The number of thiophene rings is 1. The van der Waals surface area contributed by atoms with Crippen molar-refractivity contribution in [2.24, 2.45) is 0 Å². The third-order valence-electron chi connectivity index (χ3n) is 6.78. The van der Waals surface area contributed by atoms with Crippen molar-refractivity contribution < 1.29 is 19.7 Å². The number of aliphatic hydroxyl groups excluding tert-OH is 1. The number of ether oxygens (including phenoxy) is 1. The van der Waals surface area contributed by atoms with Crippen LogP contribution >= 0.6 is 23.7 Å². The Bertz CT molecular complexity index is 1580. The molecule has 6 nitrogen and oxygen atoms in total. The van der Waals surface area contributed by atoms with E-state index in [4.69, 9.17) is 4.74 Å². The number of nitrogens with one attached hydrogen (secondary N) is 2. The minimum Gasteiger partial charge on any atom is -0.490 e. The lowest BCUT2D eigenvalue weighted by Crippen LogP contribution is -2.46. The average Bonchev–Trinajstić information content (AvgIpc) is 3.62. The number of H-pyrrole nitrogens is 1. The molecule has 0 saturated heterocycles. The number of aromatic amines is 1. The fraction of sp³-hybridized carbons (Fsp3) is 0.219. The van der Waals surface area contributed by atoms with E-state index in [2.05, 4.69) is 36.3 Å². The molecule has 5 rings (SSSR count). The molecule has 4 N–H and O–H groups in total. The van der Waals surface area contributed by atoms with E-state index in [0.717, 1.165) is 50.2 Å². The first-order valence-electron chi connectivity index (χ1n) is 12.9. The topological polar surface area (TPSA) is 94.6 Å². The number of aromatic nitrogens is 1. The first kappa shape index (κ1) is 29.4. The van der Waals surface area contributed by atoms with Crippen molar-refractivity contribution in [1.29, 1.82) is 0 Å². The van der Waals surface area contributed by atoms with Crippen LogP contribution in [0.4, 0.5) is 0 Å². The molecule has 0 unspecified atom stereocenters. The first-order valence-corrected chi connectivity index (χ1v) is 13.8. The van der Waals surface area contributed by atoms with Gasteiger partial charge in [0.1, 0.15) is 18.5 Å². The van der Waals surface area contributed by atoms with Crippen molar-refractivity contribution in [3.8, 4) is 27.3 Å². The Hall–Kier alpha value is -3.62. The molecular weight excluding hydrogens is 544 g/mol. The van der Waals surface area contributed by atoms with Crippen LogP contribution in [-0.4, -0.2) is 46.0 Å². The Labute approximate surface area is 244 Å². The van der Waals surface area contributed by atoms with Gasteiger partial charge >= 0.3 is 5.97 Å². The normalized spacial score (nSPS) is 12.2. The van der Waals surface area contributed by atoms with Crippen LogP contribution in [0.1, 0.15) is 29.8 Å². The van der Waals surface area contributed by atoms with Gasteiger partial charge in [-0.05, 0) is 67.1 Å². The molecule has 40 heavy (non-hydrogen) atoms. The van der Waals surface area contributed by atoms with E-state index in [1.54, 1.807) is 29.5 Å². The van der Waals surface area contributed by atoms with Gasteiger partial charge in [0.05, 0.1) is 11.1 Å². The second-order valence-corrected chi connectivity index (χ2v) is 11.3. The van der Waals surface area contributed by atoms with Crippen LogP contribution in [0.3, 0.4) is 0 Å². The van der Waals surface area contributed by atoms with E-state index in [1.165, 1.54) is 0 Å². The number of rotatable bonds is 11. The summed E-state index contributed by atoms with van der Waals surface area (Å²) in [6, 6.07) is 25.0. The van der Waals surface area contributed by atoms with Gasteiger partial charge in [-0.15, -0.1) is 23.7 Å². The highest BCUT2D eigenvalue weighted by Crippen LogP contribution is 2.33. The summed E-state index contributed by atoms with van der Waals surface area (Å²) in [4.78, 5) is 16.0. The van der Waals surface area contributed by atoms with E-state index >= 15 is 0 Å². The van der Waals surface area contributed by atoms with Gasteiger partial charge < -0.3 is 25.3 Å². The molecule has 0 radical (unpaired) electrons. The molecule has 0 aliphatic rings. The van der Waals surface area contributed by atoms with Crippen molar-refractivity contribution in [2.45, 2.75) is 31.9 Å². The number of benzene rings is 3. The van der Waals surface area contributed by atoms with Gasteiger partial charge in [-0.25, -0.2) is 4.79 Å². The second kappa shape index (κ2) is 12.7. The smallest absolute Gasteiger partial charge is 0.335 e. The minimum atomic E-state index is -0.941. The number of aromatic carboxylic acids is 1. The molecule has 0 saturated carbocycles. The van der Waals surface area contributed by atoms with Gasteiger partial charge in [-0.3, -0.25) is 0 Å². The number of hydrogen-bond acceptors (Lipinski definition) is 5. The maximum atomic E-state index is 11.5. The lowest BCUT2D eigenvalue weighted by molar-refractivity contribution is 0.0697. The summed E-state index contributed by atoms with van der Waals surface area (Å²) >= 11 is 1.66. The zero-order valence-corrected chi connectivity index (χ0v) is 24.0. The number of halogens is 1. The highest BCUT2D eigenvalue weighted by Gasteiger charge is 2.22. The summed E-state index contributed by atoms with van der Waals surface area (Å²) in [5.41, 5.74) is 4.95. The first-order chi connectivity index (χ1) is 18.8. The monoisotopic (exact) mass is 576 g/mol. The van der Waals surface area contributed by atoms with Gasteiger partial charge in [0, 0.05) is 39.7 Å². The Morgan fingerprint density at radius 1 is 1.02 bits per heavy atom. The summed E-state index contributed by atoms with van der Waals surface area (Å²) < 4.78 is 6.00. The number of aliphatic hydroxyl groups is 1. The van der Waals surface area contributed by atoms with Crippen LogP contribution < -0.4 is 10.1 Å². The molecule has 2 heterocycles. The van der Waals surface area contributed by atoms with Crippen LogP contribution in [0.15, 0.2) is 90.4 Å². The molecule has 208 valence electrons. The zero-order valence-electron chi connectivity index (χ0n) is 22.4. The second-order valence-electron chi connectivity index (χ2n) is 10.3. The summed E-state index contributed by atoms with van der Waals surface area (Å²) in [7, 11) is 0. The van der Waals surface area contributed by atoms with E-state index < -0.39 is 12.1 Å². The molecule has 0 spiro atoms. The highest BCUT2D eigenvalue weighted by atomic mass is 35.5. The van der Waals surface area contributed by atoms with Crippen LogP contribution in [-0.2, 0) is 6.42 Å². The molecule has 0 fully saturated rings. The lowest BCUT2D eigenvalue weighted by Gasteiger charge is -2.28. The molecule has 0 amide bonds. The van der Waals surface area contributed by atoms with Gasteiger partial charge in [-0.1, -0.05) is 48.5 Å². The van der Waals surface area contributed by atoms with Gasteiger partial charge in [0.2, 0.25) is 0 Å². The number of carbonyl (C=O) groups is 1. The number of fused-ring (bicyclic) bond motifs is 1. The van der Waals surface area contributed by atoms with Gasteiger partial charge in [0.15, 0.2) is 0 Å². The fourth-order valence-corrected chi connectivity index (χ4v) is 5.58. The van der Waals surface area contributed by atoms with E-state index in [0.29, 0.717) is 6.54 Å². The van der Waals surface area contributed by atoms with Crippen LogP contribution in [0, 0.1) is 0 Å². The molecule has 3 aromatic carbocycles. The summed E-state index contributed by atoms with van der Waals surface area (Å²) in [6.07, 6.45) is 2.08. The predicted octanol–water partition coefficient (Wildman–Crippen LogP) is 7.03. The number of β-amino-alcohol motifs (C(OH)–C–C–N with tert-alkyl or cyclic N) is 1. The fourth-order valence-electron chi connectivity index (χ4n) is 4.82. The Morgan fingerprint density at radius 3 is 2.58 bits per heavy atom. The molecule has 2 aromatic heterocycles. The SMILES string of the molecule is CC(C)(Cc1c[nH]c2c(-c3cccc(C(=O)O)c3)cccc12)NC[C@H](O)COc1ccccc1-c1cccs1.Cl. The van der Waals surface area contributed by atoms with Crippen LogP contribution in [0.5, 0.6) is 5.75 Å². The Morgan fingerprint density at radius 2 is 1.80 bits per heavy atom. The van der Waals surface area contributed by atoms with E-state index in [-0.39, 0.29) is 30.1 Å². The third-order valence-corrected chi connectivity index (χ3v) is 7.68. The molecule has 1 atom stereocenters. The van der Waals surface area contributed by atoms with Crippen molar-refractivity contribution >= 4 is 40.6 Å². The highest BCUT2D eigenvalue weighted by molar-refractivity contribution is 7.13.